The lowest BCUT2D eigenvalue weighted by molar-refractivity contribution is -0.141. The van der Waals surface area contributed by atoms with Crippen molar-refractivity contribution in [3.05, 3.63) is 24.2 Å². The molecule has 4 nitrogen and oxygen atoms in total. The number of nitrogens with zero attached hydrogens (tertiary/aromatic N) is 3. The summed E-state index contributed by atoms with van der Waals surface area (Å²) >= 11 is 5.87. The van der Waals surface area contributed by atoms with E-state index in [4.69, 9.17) is 11.6 Å². The highest BCUT2D eigenvalue weighted by atomic mass is 35.5. The van der Waals surface area contributed by atoms with Crippen LogP contribution in [0.3, 0.4) is 0 Å². The van der Waals surface area contributed by atoms with E-state index in [0.29, 0.717) is 11.3 Å². The van der Waals surface area contributed by atoms with Gasteiger partial charge in [-0.3, -0.25) is 0 Å². The first-order valence-electron chi connectivity index (χ1n) is 5.75. The van der Waals surface area contributed by atoms with E-state index in [1.54, 1.807) is 0 Å². The molecule has 2 heterocycles. The summed E-state index contributed by atoms with van der Waals surface area (Å²) in [5.41, 5.74) is -0.611. The average Bonchev–Trinajstić information content (AvgIpc) is 2.71. The maximum Gasteiger partial charge on any atom is 0.435 e. The van der Waals surface area contributed by atoms with Crippen LogP contribution < -0.4 is 5.32 Å². The Morgan fingerprint density at radius 2 is 2.11 bits per heavy atom. The number of fused-ring (bicyclic) bond motifs is 1. The molecule has 102 valence electrons. The molecule has 1 aliphatic rings. The van der Waals surface area contributed by atoms with Crippen LogP contribution in [-0.2, 0) is 6.18 Å². The number of nitrogens with one attached hydrogen (secondary N) is 1. The summed E-state index contributed by atoms with van der Waals surface area (Å²) in [5.74, 6) is 0.402. The minimum Gasteiger partial charge on any atom is -0.365 e. The van der Waals surface area contributed by atoms with Crippen molar-refractivity contribution >= 4 is 22.9 Å². The Bertz CT molecular complexity index is 603. The normalized spacial score (nSPS) is 23.4. The van der Waals surface area contributed by atoms with Crippen LogP contribution in [-0.4, -0.2) is 26.0 Å². The quantitative estimate of drug-likeness (QED) is 0.865. The van der Waals surface area contributed by atoms with Gasteiger partial charge in [0.05, 0.1) is 0 Å². The number of hydrogen-bond acceptors (Lipinski definition) is 3. The zero-order valence-corrected chi connectivity index (χ0v) is 10.4. The highest BCUT2D eigenvalue weighted by Crippen LogP contribution is 2.32. The molecule has 0 bridgehead atoms. The van der Waals surface area contributed by atoms with Gasteiger partial charge in [0.25, 0.3) is 0 Å². The lowest BCUT2D eigenvalue weighted by atomic mass is 9.92. The molecule has 19 heavy (non-hydrogen) atoms. The molecule has 1 aliphatic carbocycles. The maximum atomic E-state index is 12.6. The Balaban J connectivity index is 1.93. The molecule has 0 unspecified atom stereocenters. The van der Waals surface area contributed by atoms with E-state index in [2.05, 4.69) is 15.4 Å². The average molecular weight is 291 g/mol. The fraction of sp³-hybridized carbons (Fsp3) is 0.455. The molecule has 0 spiro atoms. The summed E-state index contributed by atoms with van der Waals surface area (Å²) in [6.07, 6.45) is -0.0870. The number of alkyl halides is 4. The Morgan fingerprint density at radius 3 is 2.74 bits per heavy atom. The van der Waals surface area contributed by atoms with Crippen LogP contribution in [0.2, 0.25) is 0 Å². The van der Waals surface area contributed by atoms with Crippen molar-refractivity contribution in [2.75, 3.05) is 5.32 Å². The molecule has 0 atom stereocenters. The summed E-state index contributed by atoms with van der Waals surface area (Å²) < 4.78 is 39.0. The van der Waals surface area contributed by atoms with Gasteiger partial charge in [-0.1, -0.05) is 0 Å². The molecule has 0 aromatic carbocycles. The Morgan fingerprint density at radius 1 is 1.37 bits per heavy atom. The fourth-order valence-corrected chi connectivity index (χ4v) is 2.46. The molecule has 0 amide bonds. The standard InChI is InChI=1S/C11H10ClF3N4/c12-6-3-7(4-6)17-10-8-5-9(11(13,14)15)18-19(8)2-1-16-10/h1-2,5-7H,3-4H2,(H,16,17). The summed E-state index contributed by atoms with van der Waals surface area (Å²) in [6, 6.07) is 1.15. The SMILES string of the molecule is FC(F)(F)c1cc2c(NC3CC(Cl)C3)nccn2n1. The van der Waals surface area contributed by atoms with Gasteiger partial charge >= 0.3 is 6.18 Å². The molecule has 1 N–H and O–H groups in total. The van der Waals surface area contributed by atoms with Gasteiger partial charge in [0.15, 0.2) is 11.5 Å². The molecule has 2 aromatic heterocycles. The molecular formula is C11H10ClF3N4. The van der Waals surface area contributed by atoms with E-state index in [-0.39, 0.29) is 11.4 Å². The number of hydrogen-bond donors (Lipinski definition) is 1. The minimum absolute atomic E-state index is 0.132. The van der Waals surface area contributed by atoms with Gasteiger partial charge in [-0.25, -0.2) is 9.50 Å². The van der Waals surface area contributed by atoms with Gasteiger partial charge in [0.2, 0.25) is 0 Å². The van der Waals surface area contributed by atoms with Gasteiger partial charge in [0, 0.05) is 29.9 Å². The molecule has 0 radical (unpaired) electrons. The van der Waals surface area contributed by atoms with Crippen LogP contribution in [0.25, 0.3) is 5.52 Å². The van der Waals surface area contributed by atoms with Crippen LogP contribution >= 0.6 is 11.6 Å². The Hall–Kier alpha value is -1.50. The van der Waals surface area contributed by atoms with Crippen molar-refractivity contribution in [1.29, 1.82) is 0 Å². The second kappa shape index (κ2) is 4.26. The lowest BCUT2D eigenvalue weighted by Gasteiger charge is -2.31. The summed E-state index contributed by atoms with van der Waals surface area (Å²) in [4.78, 5) is 4.07. The first-order chi connectivity index (χ1) is 8.93. The number of aromatic nitrogens is 3. The highest BCUT2D eigenvalue weighted by molar-refractivity contribution is 6.21. The van der Waals surface area contributed by atoms with Crippen LogP contribution in [0.5, 0.6) is 0 Å². The van der Waals surface area contributed by atoms with Crippen LogP contribution in [0.1, 0.15) is 18.5 Å². The number of rotatable bonds is 2. The zero-order valence-electron chi connectivity index (χ0n) is 9.65. The third-order valence-electron chi connectivity index (χ3n) is 3.10. The van der Waals surface area contributed by atoms with Crippen molar-refractivity contribution in [3.8, 4) is 0 Å². The van der Waals surface area contributed by atoms with E-state index in [0.717, 1.165) is 18.9 Å². The van der Waals surface area contributed by atoms with Crippen LogP contribution in [0.4, 0.5) is 19.0 Å². The second-order valence-corrected chi connectivity index (χ2v) is 5.16. The van der Waals surface area contributed by atoms with Gasteiger partial charge in [-0.2, -0.15) is 18.3 Å². The van der Waals surface area contributed by atoms with Crippen LogP contribution in [0.15, 0.2) is 18.5 Å². The molecule has 2 aromatic rings. The molecule has 8 heteroatoms. The van der Waals surface area contributed by atoms with Crippen molar-refractivity contribution in [3.63, 3.8) is 0 Å². The van der Waals surface area contributed by atoms with Gasteiger partial charge in [-0.05, 0) is 12.8 Å². The van der Waals surface area contributed by atoms with Gasteiger partial charge in [0.1, 0.15) is 5.52 Å². The third-order valence-corrected chi connectivity index (χ3v) is 3.46. The van der Waals surface area contributed by atoms with Crippen molar-refractivity contribution in [2.24, 2.45) is 0 Å². The molecule has 0 saturated heterocycles. The summed E-state index contributed by atoms with van der Waals surface area (Å²) in [6.45, 7) is 0. The summed E-state index contributed by atoms with van der Waals surface area (Å²) in [7, 11) is 0. The predicted octanol–water partition coefficient (Wildman–Crippen LogP) is 2.93. The monoisotopic (exact) mass is 290 g/mol. The van der Waals surface area contributed by atoms with E-state index in [9.17, 15) is 13.2 Å². The van der Waals surface area contributed by atoms with Crippen molar-refractivity contribution in [1.82, 2.24) is 14.6 Å². The minimum atomic E-state index is -4.46. The Kier molecular flexibility index (Phi) is 2.81. The van der Waals surface area contributed by atoms with Gasteiger partial charge in [-0.15, -0.1) is 11.6 Å². The molecule has 0 aliphatic heterocycles. The maximum absolute atomic E-state index is 12.6. The largest absolute Gasteiger partial charge is 0.435 e. The Labute approximate surface area is 111 Å². The van der Waals surface area contributed by atoms with Crippen molar-refractivity contribution in [2.45, 2.75) is 30.4 Å². The topological polar surface area (TPSA) is 42.2 Å². The van der Waals surface area contributed by atoms with E-state index in [1.165, 1.54) is 16.9 Å². The first-order valence-corrected chi connectivity index (χ1v) is 6.19. The first kappa shape index (κ1) is 12.5. The fourth-order valence-electron chi connectivity index (χ4n) is 2.03. The number of halogens is 4. The van der Waals surface area contributed by atoms with E-state index < -0.39 is 11.9 Å². The van der Waals surface area contributed by atoms with Crippen LogP contribution in [0, 0.1) is 0 Å². The summed E-state index contributed by atoms with van der Waals surface area (Å²) in [5, 5.41) is 6.72. The zero-order chi connectivity index (χ0) is 13.6. The van der Waals surface area contributed by atoms with Gasteiger partial charge < -0.3 is 5.32 Å². The highest BCUT2D eigenvalue weighted by Gasteiger charge is 2.35. The smallest absolute Gasteiger partial charge is 0.365 e. The van der Waals surface area contributed by atoms with E-state index in [1.807, 2.05) is 0 Å². The predicted molar refractivity (Wildman–Crippen MR) is 64.3 cm³/mol. The molecular weight excluding hydrogens is 281 g/mol. The molecule has 1 saturated carbocycles. The number of anilines is 1. The second-order valence-electron chi connectivity index (χ2n) is 4.54. The van der Waals surface area contributed by atoms with Crippen molar-refractivity contribution < 1.29 is 13.2 Å². The molecule has 1 fully saturated rings. The lowest BCUT2D eigenvalue weighted by Crippen LogP contribution is -2.36. The van der Waals surface area contributed by atoms with E-state index >= 15 is 0 Å². The molecule has 3 rings (SSSR count). The third kappa shape index (κ3) is 2.34.